The highest BCUT2D eigenvalue weighted by Crippen LogP contribution is 2.18. The SMILES string of the molecule is CCC(CC)(CO)NC(=O)CC1CCCCO1. The summed E-state index contributed by atoms with van der Waals surface area (Å²) in [7, 11) is 0. The lowest BCUT2D eigenvalue weighted by Crippen LogP contribution is -2.51. The molecule has 1 fully saturated rings. The Balaban J connectivity index is 2.41. The molecule has 0 spiro atoms. The second-order valence-corrected chi connectivity index (χ2v) is 4.89. The van der Waals surface area contributed by atoms with Gasteiger partial charge in [0.1, 0.15) is 0 Å². The van der Waals surface area contributed by atoms with E-state index in [1.165, 1.54) is 0 Å². The van der Waals surface area contributed by atoms with E-state index in [2.05, 4.69) is 5.32 Å². The molecule has 0 bridgehead atoms. The molecule has 0 radical (unpaired) electrons. The van der Waals surface area contributed by atoms with Gasteiger partial charge in [0.2, 0.25) is 5.91 Å². The van der Waals surface area contributed by atoms with Crippen LogP contribution in [0.5, 0.6) is 0 Å². The van der Waals surface area contributed by atoms with Gasteiger partial charge in [0.05, 0.1) is 24.7 Å². The number of carbonyl (C=O) groups is 1. The summed E-state index contributed by atoms with van der Waals surface area (Å²) in [6.45, 7) is 4.73. The molecule has 0 saturated carbocycles. The van der Waals surface area contributed by atoms with Crippen LogP contribution in [0.4, 0.5) is 0 Å². The van der Waals surface area contributed by atoms with Crippen molar-refractivity contribution in [1.29, 1.82) is 0 Å². The van der Waals surface area contributed by atoms with Crippen molar-refractivity contribution in [3.05, 3.63) is 0 Å². The molecular formula is C13H25NO3. The summed E-state index contributed by atoms with van der Waals surface area (Å²) in [5, 5.41) is 12.3. The number of aliphatic hydroxyl groups excluding tert-OH is 1. The smallest absolute Gasteiger partial charge is 0.223 e. The fourth-order valence-electron chi connectivity index (χ4n) is 2.21. The van der Waals surface area contributed by atoms with E-state index in [1.807, 2.05) is 13.8 Å². The van der Waals surface area contributed by atoms with E-state index >= 15 is 0 Å². The molecule has 0 aliphatic carbocycles. The Morgan fingerprint density at radius 2 is 2.12 bits per heavy atom. The Bertz CT molecular complexity index is 225. The third-order valence-electron chi connectivity index (χ3n) is 3.75. The Labute approximate surface area is 104 Å². The zero-order chi connectivity index (χ0) is 12.7. The van der Waals surface area contributed by atoms with Crippen LogP contribution < -0.4 is 5.32 Å². The topological polar surface area (TPSA) is 58.6 Å². The molecule has 4 heteroatoms. The molecule has 0 aromatic carbocycles. The highest BCUT2D eigenvalue weighted by Gasteiger charge is 2.28. The first-order valence-corrected chi connectivity index (χ1v) is 6.69. The van der Waals surface area contributed by atoms with Gasteiger partial charge in [-0.05, 0) is 32.1 Å². The van der Waals surface area contributed by atoms with Gasteiger partial charge >= 0.3 is 0 Å². The lowest BCUT2D eigenvalue weighted by Gasteiger charge is -2.32. The Kier molecular flexibility index (Phi) is 5.92. The number of amides is 1. The molecule has 1 amide bonds. The first-order valence-electron chi connectivity index (χ1n) is 6.69. The first-order chi connectivity index (χ1) is 8.15. The molecule has 1 unspecified atom stereocenters. The van der Waals surface area contributed by atoms with Gasteiger partial charge < -0.3 is 15.2 Å². The molecular weight excluding hydrogens is 218 g/mol. The van der Waals surface area contributed by atoms with E-state index in [-0.39, 0.29) is 18.6 Å². The molecule has 1 aliphatic heterocycles. The number of rotatable bonds is 6. The number of hydrogen-bond acceptors (Lipinski definition) is 3. The van der Waals surface area contributed by atoms with Gasteiger partial charge in [-0.25, -0.2) is 0 Å². The maximum absolute atomic E-state index is 11.9. The van der Waals surface area contributed by atoms with Crippen molar-refractivity contribution in [2.45, 2.75) is 64.0 Å². The summed E-state index contributed by atoms with van der Waals surface area (Å²) in [6.07, 6.45) is 5.19. The van der Waals surface area contributed by atoms with Crippen molar-refractivity contribution in [1.82, 2.24) is 5.32 Å². The van der Waals surface area contributed by atoms with Crippen LogP contribution in [0.3, 0.4) is 0 Å². The van der Waals surface area contributed by atoms with Gasteiger partial charge in [-0.1, -0.05) is 13.8 Å². The Morgan fingerprint density at radius 3 is 2.59 bits per heavy atom. The summed E-state index contributed by atoms with van der Waals surface area (Å²) in [5.41, 5.74) is -0.453. The summed E-state index contributed by atoms with van der Waals surface area (Å²) in [4.78, 5) is 11.9. The van der Waals surface area contributed by atoms with Gasteiger partial charge in [-0.15, -0.1) is 0 Å². The van der Waals surface area contributed by atoms with Crippen LogP contribution in [0.25, 0.3) is 0 Å². The maximum Gasteiger partial charge on any atom is 0.223 e. The minimum Gasteiger partial charge on any atom is -0.394 e. The van der Waals surface area contributed by atoms with Crippen LogP contribution >= 0.6 is 0 Å². The maximum atomic E-state index is 11.9. The van der Waals surface area contributed by atoms with Crippen molar-refractivity contribution in [3.63, 3.8) is 0 Å². The number of aliphatic hydroxyl groups is 1. The second-order valence-electron chi connectivity index (χ2n) is 4.89. The highest BCUT2D eigenvalue weighted by molar-refractivity contribution is 5.77. The minimum atomic E-state index is -0.453. The molecule has 100 valence electrons. The number of hydrogen-bond donors (Lipinski definition) is 2. The van der Waals surface area contributed by atoms with Crippen LogP contribution in [0, 0.1) is 0 Å². The molecule has 2 N–H and O–H groups in total. The molecule has 0 aromatic heterocycles. The van der Waals surface area contributed by atoms with E-state index < -0.39 is 5.54 Å². The van der Waals surface area contributed by atoms with E-state index in [9.17, 15) is 9.90 Å². The fourth-order valence-corrected chi connectivity index (χ4v) is 2.21. The fraction of sp³-hybridized carbons (Fsp3) is 0.923. The summed E-state index contributed by atoms with van der Waals surface area (Å²) in [5.74, 6) is -0.00495. The van der Waals surface area contributed by atoms with Crippen molar-refractivity contribution >= 4 is 5.91 Å². The van der Waals surface area contributed by atoms with Gasteiger partial charge in [0, 0.05) is 6.61 Å². The lowest BCUT2D eigenvalue weighted by molar-refractivity contribution is -0.127. The van der Waals surface area contributed by atoms with Crippen molar-refractivity contribution < 1.29 is 14.6 Å². The van der Waals surface area contributed by atoms with Crippen LogP contribution in [0.15, 0.2) is 0 Å². The molecule has 0 aromatic rings. The van der Waals surface area contributed by atoms with Gasteiger partial charge in [-0.2, -0.15) is 0 Å². The van der Waals surface area contributed by atoms with Crippen molar-refractivity contribution in [3.8, 4) is 0 Å². The van der Waals surface area contributed by atoms with E-state index in [4.69, 9.17) is 4.74 Å². The van der Waals surface area contributed by atoms with Gasteiger partial charge in [0.15, 0.2) is 0 Å². The van der Waals surface area contributed by atoms with Gasteiger partial charge in [-0.3, -0.25) is 4.79 Å². The monoisotopic (exact) mass is 243 g/mol. The predicted molar refractivity (Wildman–Crippen MR) is 66.7 cm³/mol. The zero-order valence-electron chi connectivity index (χ0n) is 11.0. The van der Waals surface area contributed by atoms with Crippen LogP contribution in [0.1, 0.15) is 52.4 Å². The molecule has 1 saturated heterocycles. The molecule has 1 heterocycles. The third kappa shape index (κ3) is 4.28. The number of ether oxygens (including phenoxy) is 1. The van der Waals surface area contributed by atoms with E-state index in [1.54, 1.807) is 0 Å². The molecule has 1 rings (SSSR count). The van der Waals surface area contributed by atoms with Crippen LogP contribution in [-0.4, -0.2) is 35.9 Å². The summed E-state index contributed by atoms with van der Waals surface area (Å²) < 4.78 is 5.54. The molecule has 1 atom stereocenters. The molecule has 4 nitrogen and oxygen atoms in total. The number of carbonyl (C=O) groups excluding carboxylic acids is 1. The summed E-state index contributed by atoms with van der Waals surface area (Å²) in [6, 6.07) is 0. The Hall–Kier alpha value is -0.610. The second kappa shape index (κ2) is 6.97. The normalized spacial score (nSPS) is 21.2. The molecule has 17 heavy (non-hydrogen) atoms. The Morgan fingerprint density at radius 1 is 1.41 bits per heavy atom. The van der Waals surface area contributed by atoms with Crippen LogP contribution in [-0.2, 0) is 9.53 Å². The zero-order valence-corrected chi connectivity index (χ0v) is 11.0. The van der Waals surface area contributed by atoms with Crippen molar-refractivity contribution in [2.75, 3.05) is 13.2 Å². The van der Waals surface area contributed by atoms with E-state index in [0.717, 1.165) is 38.7 Å². The van der Waals surface area contributed by atoms with Crippen LogP contribution in [0.2, 0.25) is 0 Å². The quantitative estimate of drug-likeness (QED) is 0.745. The summed E-state index contributed by atoms with van der Waals surface area (Å²) >= 11 is 0. The van der Waals surface area contributed by atoms with Crippen molar-refractivity contribution in [2.24, 2.45) is 0 Å². The first kappa shape index (κ1) is 14.5. The average Bonchev–Trinajstić information content (AvgIpc) is 2.37. The number of nitrogens with one attached hydrogen (secondary N) is 1. The van der Waals surface area contributed by atoms with E-state index in [0.29, 0.717) is 6.42 Å². The average molecular weight is 243 g/mol. The predicted octanol–water partition coefficient (Wildman–Crippen LogP) is 1.61. The lowest BCUT2D eigenvalue weighted by atomic mass is 9.93. The highest BCUT2D eigenvalue weighted by atomic mass is 16.5. The standard InChI is InChI=1S/C13H25NO3/c1-3-13(4-2,10-15)14-12(16)9-11-7-5-6-8-17-11/h11,15H,3-10H2,1-2H3,(H,14,16). The van der Waals surface area contributed by atoms with Gasteiger partial charge in [0.25, 0.3) is 0 Å². The molecule has 1 aliphatic rings. The third-order valence-corrected chi connectivity index (χ3v) is 3.75. The largest absolute Gasteiger partial charge is 0.394 e. The minimum absolute atomic E-state index is 0.00271.